The molecule has 1 saturated heterocycles. The molecular formula is C13H11ClFN3O2. The summed E-state index contributed by atoms with van der Waals surface area (Å²) < 4.78 is 18.0. The lowest BCUT2D eigenvalue weighted by molar-refractivity contribution is -0.117. The zero-order valence-electron chi connectivity index (χ0n) is 10.6. The van der Waals surface area contributed by atoms with E-state index in [1.807, 2.05) is 0 Å². The van der Waals surface area contributed by atoms with E-state index in [1.165, 1.54) is 23.1 Å². The van der Waals surface area contributed by atoms with Gasteiger partial charge in [-0.2, -0.15) is 4.98 Å². The van der Waals surface area contributed by atoms with Crippen LogP contribution in [0.1, 0.15) is 24.1 Å². The molecule has 20 heavy (non-hydrogen) atoms. The summed E-state index contributed by atoms with van der Waals surface area (Å²) in [6.45, 7) is 2.10. The van der Waals surface area contributed by atoms with E-state index in [-0.39, 0.29) is 23.3 Å². The van der Waals surface area contributed by atoms with Gasteiger partial charge in [-0.05, 0) is 18.2 Å². The smallest absolute Gasteiger partial charge is 0.227 e. The maximum Gasteiger partial charge on any atom is 0.227 e. The molecule has 1 unspecified atom stereocenters. The first-order valence-electron chi connectivity index (χ1n) is 6.10. The van der Waals surface area contributed by atoms with Crippen molar-refractivity contribution in [2.75, 3.05) is 11.4 Å². The predicted molar refractivity (Wildman–Crippen MR) is 70.2 cm³/mol. The quantitative estimate of drug-likeness (QED) is 0.854. The van der Waals surface area contributed by atoms with E-state index in [4.69, 9.17) is 16.1 Å². The molecule has 2 aromatic rings. The number of amides is 1. The Balaban J connectivity index is 1.87. The van der Waals surface area contributed by atoms with Crippen LogP contribution in [-0.4, -0.2) is 22.6 Å². The number of nitrogens with zero attached hydrogens (tertiary/aromatic N) is 3. The first-order valence-corrected chi connectivity index (χ1v) is 6.48. The van der Waals surface area contributed by atoms with Gasteiger partial charge in [-0.25, -0.2) is 4.39 Å². The summed E-state index contributed by atoms with van der Waals surface area (Å²) in [4.78, 5) is 17.8. The number of hydrogen-bond acceptors (Lipinski definition) is 4. The maximum atomic E-state index is 13.1. The zero-order valence-corrected chi connectivity index (χ0v) is 11.4. The number of carbonyl (C=O) groups excluding carboxylic acids is 1. The highest BCUT2D eigenvalue weighted by Gasteiger charge is 2.35. The molecule has 0 bridgehead atoms. The number of hydrogen-bond donors (Lipinski definition) is 0. The van der Waals surface area contributed by atoms with Gasteiger partial charge in [0, 0.05) is 25.8 Å². The Kier molecular flexibility index (Phi) is 3.17. The zero-order chi connectivity index (χ0) is 14.3. The van der Waals surface area contributed by atoms with Gasteiger partial charge in [-0.15, -0.1) is 0 Å². The molecule has 1 aromatic carbocycles. The highest BCUT2D eigenvalue weighted by Crippen LogP contribution is 2.34. The van der Waals surface area contributed by atoms with Gasteiger partial charge in [0.25, 0.3) is 0 Å². The van der Waals surface area contributed by atoms with E-state index in [0.717, 1.165) is 0 Å². The van der Waals surface area contributed by atoms with E-state index < -0.39 is 5.82 Å². The van der Waals surface area contributed by atoms with Crippen LogP contribution in [0.4, 0.5) is 10.1 Å². The molecule has 7 heteroatoms. The molecule has 104 valence electrons. The van der Waals surface area contributed by atoms with Crippen molar-refractivity contribution >= 4 is 23.2 Å². The number of rotatable bonds is 2. The molecule has 0 aliphatic carbocycles. The standard InChI is InChI=1S/C13H11ClFN3O2/c1-7-16-13(17-20-7)8-4-12(19)18(6-8)11-3-2-9(15)5-10(11)14/h2-3,5,8H,4,6H2,1H3. The van der Waals surface area contributed by atoms with Crippen LogP contribution >= 0.6 is 11.6 Å². The number of halogens is 2. The van der Waals surface area contributed by atoms with E-state index in [0.29, 0.717) is 23.9 Å². The Hall–Kier alpha value is -1.95. The van der Waals surface area contributed by atoms with Crippen LogP contribution in [0.2, 0.25) is 5.02 Å². The third-order valence-electron chi connectivity index (χ3n) is 3.23. The third kappa shape index (κ3) is 2.27. The lowest BCUT2D eigenvalue weighted by atomic mass is 10.1. The average Bonchev–Trinajstić information content (AvgIpc) is 2.96. The van der Waals surface area contributed by atoms with E-state index in [2.05, 4.69) is 10.1 Å². The Bertz CT molecular complexity index is 673. The number of aryl methyl sites for hydroxylation is 1. The van der Waals surface area contributed by atoms with Crippen molar-refractivity contribution in [2.24, 2.45) is 0 Å². The molecule has 0 radical (unpaired) electrons. The number of carbonyl (C=O) groups is 1. The van der Waals surface area contributed by atoms with E-state index in [1.54, 1.807) is 6.92 Å². The maximum absolute atomic E-state index is 13.1. The lowest BCUT2D eigenvalue weighted by Crippen LogP contribution is -2.24. The van der Waals surface area contributed by atoms with Crippen LogP contribution in [0, 0.1) is 12.7 Å². The fourth-order valence-corrected chi connectivity index (χ4v) is 2.56. The predicted octanol–water partition coefficient (Wildman–Crippen LogP) is 2.69. The topological polar surface area (TPSA) is 59.2 Å². The van der Waals surface area contributed by atoms with Gasteiger partial charge < -0.3 is 9.42 Å². The number of anilines is 1. The average molecular weight is 296 g/mol. The molecule has 3 rings (SSSR count). The summed E-state index contributed by atoms with van der Waals surface area (Å²) >= 11 is 5.99. The molecule has 0 N–H and O–H groups in total. The second kappa shape index (κ2) is 4.86. The fourth-order valence-electron chi connectivity index (χ4n) is 2.29. The first kappa shape index (κ1) is 13.1. The van der Waals surface area contributed by atoms with Gasteiger partial charge in [0.05, 0.1) is 10.7 Å². The summed E-state index contributed by atoms with van der Waals surface area (Å²) in [7, 11) is 0. The van der Waals surface area contributed by atoms with Gasteiger partial charge in [-0.1, -0.05) is 16.8 Å². The fraction of sp³-hybridized carbons (Fsp3) is 0.308. The molecule has 0 spiro atoms. The first-order chi connectivity index (χ1) is 9.54. The Morgan fingerprint density at radius 3 is 2.95 bits per heavy atom. The summed E-state index contributed by atoms with van der Waals surface area (Å²) in [6, 6.07) is 3.97. The molecule has 2 heterocycles. The van der Waals surface area contributed by atoms with E-state index in [9.17, 15) is 9.18 Å². The summed E-state index contributed by atoms with van der Waals surface area (Å²) in [5.41, 5.74) is 0.501. The molecule has 0 saturated carbocycles. The van der Waals surface area contributed by atoms with Gasteiger partial charge in [0.1, 0.15) is 5.82 Å². The molecule has 5 nitrogen and oxygen atoms in total. The Morgan fingerprint density at radius 2 is 2.30 bits per heavy atom. The number of aromatic nitrogens is 2. The van der Waals surface area contributed by atoms with Crippen LogP contribution < -0.4 is 4.90 Å². The largest absolute Gasteiger partial charge is 0.340 e. The third-order valence-corrected chi connectivity index (χ3v) is 3.54. The van der Waals surface area contributed by atoms with Gasteiger partial charge in [0.15, 0.2) is 5.82 Å². The summed E-state index contributed by atoms with van der Waals surface area (Å²) in [5, 5.41) is 4.05. The second-order valence-corrected chi connectivity index (χ2v) is 5.08. The Labute approximate surface area is 119 Å². The van der Waals surface area contributed by atoms with E-state index >= 15 is 0 Å². The van der Waals surface area contributed by atoms with Crippen molar-refractivity contribution < 1.29 is 13.7 Å². The molecule has 1 atom stereocenters. The van der Waals surface area contributed by atoms with Crippen molar-refractivity contribution in [3.05, 3.63) is 40.8 Å². The normalized spacial score (nSPS) is 18.9. The second-order valence-electron chi connectivity index (χ2n) is 4.67. The van der Waals surface area contributed by atoms with Crippen LogP contribution in [0.25, 0.3) is 0 Å². The monoisotopic (exact) mass is 295 g/mol. The van der Waals surface area contributed by atoms with Crippen LogP contribution in [0.3, 0.4) is 0 Å². The molecule has 1 aliphatic heterocycles. The minimum atomic E-state index is -0.435. The Morgan fingerprint density at radius 1 is 1.50 bits per heavy atom. The molecule has 1 aliphatic rings. The molecular weight excluding hydrogens is 285 g/mol. The SMILES string of the molecule is Cc1nc(C2CC(=O)N(c3ccc(F)cc3Cl)C2)no1. The summed E-state index contributed by atoms with van der Waals surface area (Å²) in [6.07, 6.45) is 0.284. The molecule has 1 aromatic heterocycles. The minimum absolute atomic E-state index is 0.0917. The molecule has 1 amide bonds. The highest BCUT2D eigenvalue weighted by molar-refractivity contribution is 6.33. The van der Waals surface area contributed by atoms with Crippen molar-refractivity contribution in [3.8, 4) is 0 Å². The van der Waals surface area contributed by atoms with Crippen molar-refractivity contribution in [2.45, 2.75) is 19.3 Å². The molecule has 1 fully saturated rings. The van der Waals surface area contributed by atoms with Gasteiger partial charge >= 0.3 is 0 Å². The van der Waals surface area contributed by atoms with Crippen LogP contribution in [-0.2, 0) is 4.79 Å². The summed E-state index contributed by atoms with van der Waals surface area (Å²) in [5.74, 6) is 0.310. The number of benzene rings is 1. The van der Waals surface area contributed by atoms with Crippen LogP contribution in [0.5, 0.6) is 0 Å². The minimum Gasteiger partial charge on any atom is -0.340 e. The van der Waals surface area contributed by atoms with Crippen molar-refractivity contribution in [3.63, 3.8) is 0 Å². The van der Waals surface area contributed by atoms with Gasteiger partial charge in [-0.3, -0.25) is 4.79 Å². The van der Waals surface area contributed by atoms with Crippen molar-refractivity contribution in [1.29, 1.82) is 0 Å². The van der Waals surface area contributed by atoms with Crippen molar-refractivity contribution in [1.82, 2.24) is 10.1 Å². The highest BCUT2D eigenvalue weighted by atomic mass is 35.5. The van der Waals surface area contributed by atoms with Crippen LogP contribution in [0.15, 0.2) is 22.7 Å². The van der Waals surface area contributed by atoms with Gasteiger partial charge in [0.2, 0.25) is 11.8 Å². The lowest BCUT2D eigenvalue weighted by Gasteiger charge is -2.17.